The van der Waals surface area contributed by atoms with E-state index in [1.165, 1.54) is 6.07 Å². The van der Waals surface area contributed by atoms with Crippen LogP contribution in [0.2, 0.25) is 0 Å². The first-order chi connectivity index (χ1) is 9.25. The van der Waals surface area contributed by atoms with E-state index in [1.54, 1.807) is 12.1 Å². The number of rotatable bonds is 7. The van der Waals surface area contributed by atoms with Crippen LogP contribution >= 0.6 is 0 Å². The number of aromatic nitrogens is 1. The van der Waals surface area contributed by atoms with Crippen molar-refractivity contribution in [3.8, 4) is 0 Å². The molecule has 21 heavy (non-hydrogen) atoms. The summed E-state index contributed by atoms with van der Waals surface area (Å²) in [4.78, 5) is 3.89. The molecule has 0 saturated carbocycles. The number of pyridine rings is 1. The van der Waals surface area contributed by atoms with E-state index in [0.717, 1.165) is 0 Å². The van der Waals surface area contributed by atoms with Gasteiger partial charge in [-0.05, 0) is 53.2 Å². The van der Waals surface area contributed by atoms with E-state index in [4.69, 9.17) is 14.0 Å². The standard InChI is InChI=1S/C14H24BFNO3.Li/c1-10(2)18-15(19-11(3)4,20-12(5)6)13-8-7-9-14(16)17-13;/h7-12H,1-6H3;/q-1;+1. The van der Waals surface area contributed by atoms with Gasteiger partial charge in [-0.3, -0.25) is 4.98 Å². The summed E-state index contributed by atoms with van der Waals surface area (Å²) in [6.45, 7) is 8.98. The second-order valence-electron chi connectivity index (χ2n) is 5.58. The van der Waals surface area contributed by atoms with Gasteiger partial charge >= 0.3 is 25.6 Å². The van der Waals surface area contributed by atoms with Gasteiger partial charge < -0.3 is 14.0 Å². The molecule has 4 nitrogen and oxygen atoms in total. The van der Waals surface area contributed by atoms with Crippen LogP contribution < -0.4 is 24.5 Å². The minimum atomic E-state index is -2.29. The molecule has 114 valence electrons. The largest absolute Gasteiger partial charge is 1.00 e. The molecule has 0 unspecified atom stereocenters. The van der Waals surface area contributed by atoms with E-state index < -0.39 is 12.7 Å². The van der Waals surface area contributed by atoms with Gasteiger partial charge in [0.2, 0.25) is 5.95 Å². The molecular weight excluding hydrogens is 267 g/mol. The van der Waals surface area contributed by atoms with E-state index in [1.807, 2.05) is 41.5 Å². The molecule has 0 spiro atoms. The predicted molar refractivity (Wildman–Crippen MR) is 78.2 cm³/mol. The third kappa shape index (κ3) is 6.50. The van der Waals surface area contributed by atoms with Gasteiger partial charge in [0.1, 0.15) is 0 Å². The fourth-order valence-electron chi connectivity index (χ4n) is 2.00. The molecule has 1 heterocycles. The van der Waals surface area contributed by atoms with Crippen LogP contribution in [0.5, 0.6) is 0 Å². The van der Waals surface area contributed by atoms with E-state index in [2.05, 4.69) is 4.98 Å². The summed E-state index contributed by atoms with van der Waals surface area (Å²) in [5, 5.41) is 0. The Morgan fingerprint density at radius 2 is 1.33 bits per heavy atom. The quantitative estimate of drug-likeness (QED) is 0.508. The first kappa shape index (κ1) is 20.6. The molecule has 0 aliphatic carbocycles. The molecule has 0 amide bonds. The Kier molecular flexibility index (Phi) is 8.76. The molecule has 0 saturated heterocycles. The van der Waals surface area contributed by atoms with Crippen LogP contribution in [-0.4, -0.2) is 30.1 Å². The van der Waals surface area contributed by atoms with Crippen molar-refractivity contribution in [1.29, 1.82) is 0 Å². The van der Waals surface area contributed by atoms with Gasteiger partial charge in [-0.1, -0.05) is 12.1 Å². The van der Waals surface area contributed by atoms with E-state index in [0.29, 0.717) is 5.59 Å². The van der Waals surface area contributed by atoms with Crippen molar-refractivity contribution in [2.24, 2.45) is 0 Å². The van der Waals surface area contributed by atoms with Crippen LogP contribution in [0.4, 0.5) is 4.39 Å². The maximum atomic E-state index is 13.4. The summed E-state index contributed by atoms with van der Waals surface area (Å²) in [6.07, 6.45) is -0.423. The zero-order valence-corrected chi connectivity index (χ0v) is 14.1. The molecule has 0 fully saturated rings. The fraction of sp³-hybridized carbons (Fsp3) is 0.643. The minimum absolute atomic E-state index is 0. The molecule has 0 atom stereocenters. The third-order valence-corrected chi connectivity index (χ3v) is 2.45. The van der Waals surface area contributed by atoms with Gasteiger partial charge in [0.15, 0.2) is 0 Å². The smallest absolute Gasteiger partial charge is 0.538 e. The minimum Gasteiger partial charge on any atom is -0.538 e. The molecular formula is C14H24BFLiNO3. The molecule has 1 rings (SSSR count). The second kappa shape index (κ2) is 8.92. The topological polar surface area (TPSA) is 40.6 Å². The van der Waals surface area contributed by atoms with E-state index >= 15 is 0 Å². The van der Waals surface area contributed by atoms with Crippen molar-refractivity contribution >= 4 is 12.3 Å². The number of halogens is 1. The van der Waals surface area contributed by atoms with Crippen LogP contribution in [0, 0.1) is 5.95 Å². The Morgan fingerprint density at radius 1 is 0.905 bits per heavy atom. The average Bonchev–Trinajstić information content (AvgIpc) is 2.25. The Bertz CT molecular complexity index is 406. The Morgan fingerprint density at radius 3 is 1.67 bits per heavy atom. The molecule has 0 aromatic carbocycles. The Balaban J connectivity index is 0.00000400. The Hall–Kier alpha value is -0.378. The zero-order chi connectivity index (χ0) is 15.3. The van der Waals surface area contributed by atoms with Gasteiger partial charge in [0.05, 0.1) is 0 Å². The number of hydrogen-bond donors (Lipinski definition) is 0. The van der Waals surface area contributed by atoms with Gasteiger partial charge in [-0.2, -0.15) is 4.39 Å². The number of hydrogen-bond acceptors (Lipinski definition) is 4. The van der Waals surface area contributed by atoms with Crippen LogP contribution in [0.25, 0.3) is 0 Å². The summed E-state index contributed by atoms with van der Waals surface area (Å²) in [7, 11) is 0. The second-order valence-corrected chi connectivity index (χ2v) is 5.58. The maximum Gasteiger partial charge on any atom is 1.00 e. The summed E-state index contributed by atoms with van der Waals surface area (Å²) in [5.41, 5.74) is 0.334. The molecule has 0 aliphatic heterocycles. The van der Waals surface area contributed by atoms with Crippen LogP contribution in [-0.2, 0) is 14.0 Å². The molecule has 1 aromatic heterocycles. The third-order valence-electron chi connectivity index (χ3n) is 2.45. The van der Waals surface area contributed by atoms with E-state index in [-0.39, 0.29) is 37.2 Å². The monoisotopic (exact) mass is 291 g/mol. The van der Waals surface area contributed by atoms with Crippen LogP contribution in [0.1, 0.15) is 41.5 Å². The first-order valence-electron chi connectivity index (χ1n) is 7.05. The van der Waals surface area contributed by atoms with Gasteiger partial charge in [-0.25, -0.2) is 0 Å². The average molecular weight is 291 g/mol. The van der Waals surface area contributed by atoms with E-state index in [9.17, 15) is 4.39 Å². The molecule has 7 heteroatoms. The molecule has 0 bridgehead atoms. The molecule has 0 radical (unpaired) electrons. The Labute approximate surface area is 139 Å². The SMILES string of the molecule is CC(C)O[B-](OC(C)C)(OC(C)C)c1cccc(F)n1.[Li+]. The molecule has 0 N–H and O–H groups in total. The molecule has 1 aromatic rings. The van der Waals surface area contributed by atoms with Crippen molar-refractivity contribution in [2.75, 3.05) is 0 Å². The fourth-order valence-corrected chi connectivity index (χ4v) is 2.00. The first-order valence-corrected chi connectivity index (χ1v) is 7.05. The van der Waals surface area contributed by atoms with Crippen molar-refractivity contribution in [3.63, 3.8) is 0 Å². The number of nitrogens with zero attached hydrogens (tertiary/aromatic N) is 1. The van der Waals surface area contributed by atoms with Crippen LogP contribution in [0.15, 0.2) is 18.2 Å². The van der Waals surface area contributed by atoms with Crippen molar-refractivity contribution in [2.45, 2.75) is 59.9 Å². The van der Waals surface area contributed by atoms with Gasteiger partial charge in [-0.15, -0.1) is 0 Å². The summed E-state index contributed by atoms with van der Waals surface area (Å²) in [5.74, 6) is -0.583. The summed E-state index contributed by atoms with van der Waals surface area (Å²) in [6, 6.07) is 4.52. The van der Waals surface area contributed by atoms with Crippen LogP contribution in [0.3, 0.4) is 0 Å². The normalized spacial score (nSPS) is 12.1. The van der Waals surface area contributed by atoms with Crippen molar-refractivity contribution < 1.29 is 37.2 Å². The van der Waals surface area contributed by atoms with Gasteiger partial charge in [0, 0.05) is 18.3 Å². The maximum absolute atomic E-state index is 13.4. The summed E-state index contributed by atoms with van der Waals surface area (Å²) >= 11 is 0. The van der Waals surface area contributed by atoms with Gasteiger partial charge in [0.25, 0.3) is 0 Å². The zero-order valence-electron chi connectivity index (χ0n) is 14.1. The van der Waals surface area contributed by atoms with Crippen molar-refractivity contribution in [1.82, 2.24) is 4.98 Å². The van der Waals surface area contributed by atoms with Crippen molar-refractivity contribution in [3.05, 3.63) is 24.1 Å². The molecule has 0 aliphatic rings. The predicted octanol–water partition coefficient (Wildman–Crippen LogP) is -0.354. The summed E-state index contributed by atoms with van der Waals surface area (Å²) < 4.78 is 31.1.